The maximum Gasteiger partial charge on any atom is 0.240 e. The van der Waals surface area contributed by atoms with E-state index in [1.165, 1.54) is 83.5 Å². The first-order chi connectivity index (χ1) is 23.6. The Morgan fingerprint density at radius 3 is 1.76 bits per heavy atom. The summed E-state index contributed by atoms with van der Waals surface area (Å²) >= 11 is 0. The molecule has 9 heteroatoms. The lowest BCUT2D eigenvalue weighted by molar-refractivity contribution is 0.0857. The molecule has 0 aliphatic carbocycles. The molecule has 298 valence electrons. The Labute approximate surface area is 318 Å². The van der Waals surface area contributed by atoms with Gasteiger partial charge in [-0.1, -0.05) is 163 Å². The molecule has 0 unspecified atom stereocenters. The molecule has 0 amide bonds. The fourth-order valence-corrected chi connectivity index (χ4v) is 9.82. The molecule has 0 bridgehead atoms. The molecule has 0 aromatic heterocycles. The Morgan fingerprint density at radius 1 is 0.765 bits per heavy atom. The van der Waals surface area contributed by atoms with Gasteiger partial charge in [-0.05, 0) is 67.7 Å². The van der Waals surface area contributed by atoms with Gasteiger partial charge < -0.3 is 13.6 Å². The first kappa shape index (κ1) is 46.6. The van der Waals surface area contributed by atoms with Crippen LogP contribution in [0.4, 0.5) is 0 Å². The molecule has 1 fully saturated rings. The van der Waals surface area contributed by atoms with Crippen LogP contribution in [0, 0.1) is 12.8 Å². The van der Waals surface area contributed by atoms with Crippen LogP contribution in [0.5, 0.6) is 0 Å². The topological polar surface area (TPSA) is 77.2 Å². The van der Waals surface area contributed by atoms with E-state index in [4.69, 9.17) is 13.6 Å². The quantitative estimate of drug-likeness (QED) is 0.0577. The van der Waals surface area contributed by atoms with E-state index >= 15 is 0 Å². The van der Waals surface area contributed by atoms with Crippen LogP contribution in [0.15, 0.2) is 29.2 Å². The fraction of sp³-hybridized carbons (Fsp3) is 0.857. The molecule has 0 saturated carbocycles. The van der Waals surface area contributed by atoms with Crippen LogP contribution >= 0.6 is 0 Å². The third-order valence-corrected chi connectivity index (χ3v) is 22.6. The lowest BCUT2D eigenvalue weighted by Gasteiger charge is -2.42. The number of sulfonamides is 1. The van der Waals surface area contributed by atoms with Crippen LogP contribution in [0.25, 0.3) is 0 Å². The van der Waals surface area contributed by atoms with Crippen LogP contribution in [-0.2, 0) is 23.6 Å². The summed E-state index contributed by atoms with van der Waals surface area (Å²) in [4.78, 5) is 0.261. The summed E-state index contributed by atoms with van der Waals surface area (Å²) in [5.74, 6) is 0.885. The molecular weight excluding hydrogens is 687 g/mol. The second-order valence-electron chi connectivity index (χ2n) is 19.0. The molecule has 1 aromatic carbocycles. The molecular formula is C42H81NO5SSi2. The van der Waals surface area contributed by atoms with Crippen molar-refractivity contribution in [3.05, 3.63) is 29.8 Å². The van der Waals surface area contributed by atoms with Crippen LogP contribution in [-0.4, -0.2) is 56.0 Å². The highest BCUT2D eigenvalue weighted by Crippen LogP contribution is 2.42. The smallest absolute Gasteiger partial charge is 0.240 e. The van der Waals surface area contributed by atoms with Gasteiger partial charge >= 0.3 is 0 Å². The van der Waals surface area contributed by atoms with Gasteiger partial charge in [0, 0.05) is 0 Å². The van der Waals surface area contributed by atoms with Crippen molar-refractivity contribution >= 4 is 26.7 Å². The van der Waals surface area contributed by atoms with Crippen LogP contribution < -0.4 is 4.72 Å². The number of rotatable bonds is 26. The summed E-state index contributed by atoms with van der Waals surface area (Å²) in [6, 6.07) is 6.48. The number of ether oxygens (including phenoxy) is 1. The van der Waals surface area contributed by atoms with Gasteiger partial charge in [-0.15, -0.1) is 0 Å². The summed E-state index contributed by atoms with van der Waals surface area (Å²) in [6.45, 7) is 29.2. The molecule has 1 aromatic rings. The van der Waals surface area contributed by atoms with Gasteiger partial charge in [0.05, 0.1) is 29.8 Å². The van der Waals surface area contributed by atoms with Gasteiger partial charge in [0.25, 0.3) is 0 Å². The van der Waals surface area contributed by atoms with Crippen LogP contribution in [0.2, 0.25) is 36.3 Å². The van der Waals surface area contributed by atoms with Gasteiger partial charge in [0.1, 0.15) is 6.10 Å². The largest absolute Gasteiger partial charge is 0.415 e. The molecule has 5 atom stereocenters. The monoisotopic (exact) mass is 768 g/mol. The lowest BCUT2D eigenvalue weighted by atomic mass is 9.96. The standard InChI is InChI=1S/C42H81NO5SSi2/c1-14-15-16-23-26-34(2)27-24-21-19-17-18-20-22-25-28-38-40(47-38)39(48-51(12,13)42(7,8)9)37(33-46-50(10,11)41(4,5)6)43-49(44,45)36-31-29-35(3)30-32-36/h29-32,34,37-40,43H,14-28,33H2,1-13H3/t34-,37+,38-,39+,40+/m1/s1. The van der Waals surface area contributed by atoms with Crippen molar-refractivity contribution in [2.75, 3.05) is 6.61 Å². The number of aryl methyl sites for hydroxylation is 1. The van der Waals surface area contributed by atoms with Gasteiger partial charge in [0.15, 0.2) is 16.6 Å². The van der Waals surface area contributed by atoms with Crippen molar-refractivity contribution in [1.82, 2.24) is 4.72 Å². The van der Waals surface area contributed by atoms with Crippen molar-refractivity contribution in [1.29, 1.82) is 0 Å². The molecule has 0 radical (unpaired) electrons. The molecule has 1 aliphatic heterocycles. The van der Waals surface area contributed by atoms with E-state index in [1.807, 2.05) is 19.1 Å². The average Bonchev–Trinajstić information content (AvgIpc) is 3.79. The first-order valence-electron chi connectivity index (χ1n) is 20.7. The number of unbranched alkanes of at least 4 members (excludes halogenated alkanes) is 10. The number of hydrogen-bond acceptors (Lipinski definition) is 5. The highest BCUT2D eigenvalue weighted by molar-refractivity contribution is 7.89. The van der Waals surface area contributed by atoms with Crippen molar-refractivity contribution in [3.8, 4) is 0 Å². The van der Waals surface area contributed by atoms with E-state index in [1.54, 1.807) is 12.1 Å². The maximum absolute atomic E-state index is 13.9. The van der Waals surface area contributed by atoms with Crippen molar-refractivity contribution in [3.63, 3.8) is 0 Å². The van der Waals surface area contributed by atoms with E-state index in [9.17, 15) is 8.42 Å². The number of benzene rings is 1. The fourth-order valence-electron chi connectivity index (χ4n) is 6.23. The molecule has 0 spiro atoms. The summed E-state index contributed by atoms with van der Waals surface area (Å²) in [6.07, 6.45) is 19.2. The molecule has 1 saturated heterocycles. The zero-order chi connectivity index (χ0) is 38.5. The molecule has 6 nitrogen and oxygen atoms in total. The Bertz CT molecular complexity index is 1220. The van der Waals surface area contributed by atoms with Crippen molar-refractivity contribution < 1.29 is 22.0 Å². The minimum absolute atomic E-state index is 0.00604. The van der Waals surface area contributed by atoms with E-state index in [2.05, 4.69) is 86.3 Å². The number of hydrogen-bond donors (Lipinski definition) is 1. The molecule has 51 heavy (non-hydrogen) atoms. The molecule has 1 aliphatic rings. The van der Waals surface area contributed by atoms with Crippen LogP contribution in [0.3, 0.4) is 0 Å². The third kappa shape index (κ3) is 16.4. The van der Waals surface area contributed by atoms with E-state index in [0.29, 0.717) is 0 Å². The lowest BCUT2D eigenvalue weighted by Crippen LogP contribution is -2.57. The number of nitrogens with one attached hydrogen (secondary N) is 1. The Balaban J connectivity index is 2.02. The predicted molar refractivity (Wildman–Crippen MR) is 223 cm³/mol. The van der Waals surface area contributed by atoms with Gasteiger partial charge in [-0.25, -0.2) is 13.1 Å². The van der Waals surface area contributed by atoms with Crippen molar-refractivity contribution in [2.45, 2.75) is 224 Å². The summed E-state index contributed by atoms with van der Waals surface area (Å²) in [7, 11) is -8.29. The first-order valence-corrected chi connectivity index (χ1v) is 28.0. The average molecular weight is 768 g/mol. The van der Waals surface area contributed by atoms with Gasteiger partial charge in [-0.3, -0.25) is 0 Å². The summed E-state index contributed by atoms with van der Waals surface area (Å²) in [5.41, 5.74) is 1.02. The van der Waals surface area contributed by atoms with Crippen LogP contribution in [0.1, 0.15) is 157 Å². The zero-order valence-electron chi connectivity index (χ0n) is 35.5. The number of epoxide rings is 1. The second-order valence-corrected chi connectivity index (χ2v) is 30.2. The molecule has 1 heterocycles. The van der Waals surface area contributed by atoms with E-state index < -0.39 is 38.8 Å². The Morgan fingerprint density at radius 2 is 1.25 bits per heavy atom. The predicted octanol–water partition coefficient (Wildman–Crippen LogP) is 12.3. The normalized spacial score (nSPS) is 19.2. The van der Waals surface area contributed by atoms with Crippen molar-refractivity contribution in [2.24, 2.45) is 5.92 Å². The zero-order valence-corrected chi connectivity index (χ0v) is 38.3. The minimum Gasteiger partial charge on any atom is -0.415 e. The third-order valence-electron chi connectivity index (χ3n) is 12.1. The summed E-state index contributed by atoms with van der Waals surface area (Å²) in [5, 5.41) is -0.0449. The second kappa shape index (κ2) is 20.9. The summed E-state index contributed by atoms with van der Waals surface area (Å²) < 4.78 is 51.1. The highest BCUT2D eigenvalue weighted by atomic mass is 32.2. The Hall–Kier alpha value is -0.556. The SMILES string of the molecule is CCCCCC[C@@H](C)CCCCCCCCCC[C@H]1O[C@@H]1[C@@H](O[Si](C)(C)C(C)(C)C)[C@H](CO[Si](C)(C)C(C)(C)C)NS(=O)(=O)c1ccc(C)cc1. The van der Waals surface area contributed by atoms with Gasteiger partial charge in [0.2, 0.25) is 10.0 Å². The van der Waals surface area contributed by atoms with E-state index in [-0.39, 0.29) is 33.8 Å². The highest BCUT2D eigenvalue weighted by Gasteiger charge is 2.53. The van der Waals surface area contributed by atoms with Gasteiger partial charge in [-0.2, -0.15) is 0 Å². The molecule has 1 N–H and O–H groups in total. The maximum atomic E-state index is 13.9. The minimum atomic E-state index is -3.82. The van der Waals surface area contributed by atoms with E-state index in [0.717, 1.165) is 24.3 Å². The molecule has 2 rings (SSSR count). The Kier molecular flexibility index (Phi) is 19.1.